The van der Waals surface area contributed by atoms with Crippen LogP contribution >= 0.6 is 24.0 Å². The molecule has 7 nitrogen and oxygen atoms in total. The average Bonchev–Trinajstić information content (AvgIpc) is 2.61. The zero-order valence-electron chi connectivity index (χ0n) is 14.0. The Balaban J connectivity index is 1.94. The first kappa shape index (κ1) is 18.7. The molecule has 0 radical (unpaired) electrons. The zero-order chi connectivity index (χ0) is 19.6. The molecule has 136 valence electrons. The molecule has 0 aliphatic carbocycles. The first-order chi connectivity index (χ1) is 12.8. The van der Waals surface area contributed by atoms with Crippen molar-refractivity contribution < 1.29 is 14.5 Å². The van der Waals surface area contributed by atoms with E-state index in [1.165, 1.54) is 23.9 Å². The second kappa shape index (κ2) is 7.68. The van der Waals surface area contributed by atoms with Gasteiger partial charge in [-0.1, -0.05) is 35.5 Å². The third-order valence-electron chi connectivity index (χ3n) is 3.68. The van der Waals surface area contributed by atoms with Gasteiger partial charge in [0.2, 0.25) is 0 Å². The Kier molecular flexibility index (Phi) is 5.33. The second-order valence-corrected chi connectivity index (χ2v) is 7.22. The van der Waals surface area contributed by atoms with Crippen LogP contribution in [0.25, 0.3) is 6.08 Å². The molecule has 1 heterocycles. The third kappa shape index (κ3) is 4.39. The molecule has 2 aromatic carbocycles. The monoisotopic (exact) mass is 399 g/mol. The maximum absolute atomic E-state index is 11.9. The summed E-state index contributed by atoms with van der Waals surface area (Å²) in [5.41, 5.74) is 1.18. The minimum atomic E-state index is -0.649. The number of nitrogens with one attached hydrogen (secondary N) is 2. The summed E-state index contributed by atoms with van der Waals surface area (Å²) in [5, 5.41) is 16.0. The number of thiocarbonyl (C=S) groups is 1. The predicted octanol–water partition coefficient (Wildman–Crippen LogP) is 2.97. The summed E-state index contributed by atoms with van der Waals surface area (Å²) in [7, 11) is 0. The summed E-state index contributed by atoms with van der Waals surface area (Å²) < 4.78 is 0. The lowest BCUT2D eigenvalue weighted by atomic mass is 10.1. The Bertz CT molecular complexity index is 978. The number of hydrogen-bond acceptors (Lipinski definition) is 6. The molecule has 1 fully saturated rings. The van der Waals surface area contributed by atoms with E-state index in [1.807, 2.05) is 31.2 Å². The van der Waals surface area contributed by atoms with Crippen LogP contribution in [0.4, 0.5) is 5.69 Å². The van der Waals surface area contributed by atoms with E-state index in [9.17, 15) is 19.7 Å². The van der Waals surface area contributed by atoms with Gasteiger partial charge in [-0.3, -0.25) is 30.3 Å². The van der Waals surface area contributed by atoms with Gasteiger partial charge in [-0.2, -0.15) is 0 Å². The molecule has 0 spiro atoms. The lowest BCUT2D eigenvalue weighted by Crippen LogP contribution is -2.51. The molecule has 2 amide bonds. The van der Waals surface area contributed by atoms with Crippen LogP contribution in [-0.2, 0) is 9.59 Å². The van der Waals surface area contributed by atoms with Crippen LogP contribution in [0.3, 0.4) is 0 Å². The quantitative estimate of drug-likeness (QED) is 0.269. The summed E-state index contributed by atoms with van der Waals surface area (Å²) in [5.74, 6) is -1.30. The van der Waals surface area contributed by atoms with Crippen molar-refractivity contribution in [1.29, 1.82) is 0 Å². The molecule has 1 aliphatic rings. The van der Waals surface area contributed by atoms with Crippen LogP contribution < -0.4 is 10.6 Å². The smallest absolute Gasteiger partial charge is 0.283 e. The highest BCUT2D eigenvalue weighted by Gasteiger charge is 2.26. The summed E-state index contributed by atoms with van der Waals surface area (Å²) in [6, 6.07) is 12.2. The number of carbonyl (C=O) groups is 2. The molecule has 1 aliphatic heterocycles. The van der Waals surface area contributed by atoms with Crippen molar-refractivity contribution in [3.8, 4) is 0 Å². The zero-order valence-corrected chi connectivity index (χ0v) is 15.6. The van der Waals surface area contributed by atoms with E-state index in [0.717, 1.165) is 10.5 Å². The minimum absolute atomic E-state index is 0.0713. The standard InChI is InChI=1S/C18H13N3O4S2/c1-10-2-5-12(6-3-10)27-15-7-4-11(9-14(15)21(24)25)8-13-16(22)19-18(26)20-17(13)23/h2-9H,1H3,(H2,19,20,22,23,26). The third-order valence-corrected chi connectivity index (χ3v) is 4.96. The van der Waals surface area contributed by atoms with Crippen LogP contribution in [0, 0.1) is 17.0 Å². The topological polar surface area (TPSA) is 101 Å². The van der Waals surface area contributed by atoms with E-state index in [1.54, 1.807) is 12.1 Å². The average molecular weight is 399 g/mol. The molecule has 0 atom stereocenters. The van der Waals surface area contributed by atoms with Gasteiger partial charge in [-0.05, 0) is 49.0 Å². The molecular formula is C18H13N3O4S2. The fraction of sp³-hybridized carbons (Fsp3) is 0.0556. The second-order valence-electron chi connectivity index (χ2n) is 5.69. The Morgan fingerprint density at radius 3 is 2.30 bits per heavy atom. The summed E-state index contributed by atoms with van der Waals surface area (Å²) in [6.07, 6.45) is 1.29. The maximum atomic E-state index is 11.9. The van der Waals surface area contributed by atoms with Crippen LogP contribution in [-0.4, -0.2) is 21.9 Å². The van der Waals surface area contributed by atoms with Crippen molar-refractivity contribution in [3.63, 3.8) is 0 Å². The number of amides is 2. The highest BCUT2D eigenvalue weighted by Crippen LogP contribution is 2.35. The Labute approximate surface area is 164 Å². The highest BCUT2D eigenvalue weighted by molar-refractivity contribution is 7.99. The summed E-state index contributed by atoms with van der Waals surface area (Å²) in [6.45, 7) is 1.96. The minimum Gasteiger partial charge on any atom is -0.299 e. The van der Waals surface area contributed by atoms with Gasteiger partial charge in [0.25, 0.3) is 17.5 Å². The van der Waals surface area contributed by atoms with Gasteiger partial charge in [0.1, 0.15) is 5.57 Å². The fourth-order valence-corrected chi connectivity index (χ4v) is 3.45. The molecule has 9 heteroatoms. The highest BCUT2D eigenvalue weighted by atomic mass is 32.2. The molecule has 2 aromatic rings. The first-order valence-corrected chi connectivity index (χ1v) is 8.97. The van der Waals surface area contributed by atoms with Crippen LogP contribution in [0.2, 0.25) is 0 Å². The number of nitro groups is 1. The molecule has 3 rings (SSSR count). The van der Waals surface area contributed by atoms with Gasteiger partial charge in [0, 0.05) is 11.0 Å². The normalized spacial score (nSPS) is 13.8. The van der Waals surface area contributed by atoms with Gasteiger partial charge in [0.05, 0.1) is 9.82 Å². The predicted molar refractivity (Wildman–Crippen MR) is 105 cm³/mol. The number of aryl methyl sites for hydroxylation is 1. The van der Waals surface area contributed by atoms with Crippen molar-refractivity contribution in [2.75, 3.05) is 0 Å². The van der Waals surface area contributed by atoms with Crippen LogP contribution in [0.1, 0.15) is 11.1 Å². The van der Waals surface area contributed by atoms with E-state index in [4.69, 9.17) is 12.2 Å². The Morgan fingerprint density at radius 2 is 1.70 bits per heavy atom. The van der Waals surface area contributed by atoms with Crippen molar-refractivity contribution in [3.05, 3.63) is 69.3 Å². The number of nitrogens with zero attached hydrogens (tertiary/aromatic N) is 1. The molecule has 27 heavy (non-hydrogen) atoms. The molecule has 0 aromatic heterocycles. The van der Waals surface area contributed by atoms with E-state index in [0.29, 0.717) is 10.5 Å². The Hall–Kier alpha value is -3.04. The van der Waals surface area contributed by atoms with Gasteiger partial charge in [-0.15, -0.1) is 0 Å². The van der Waals surface area contributed by atoms with E-state index < -0.39 is 16.7 Å². The molecular weight excluding hydrogens is 386 g/mol. The number of nitro benzene ring substituents is 1. The molecule has 0 saturated carbocycles. The van der Waals surface area contributed by atoms with Crippen LogP contribution in [0.15, 0.2) is 57.8 Å². The number of hydrogen-bond donors (Lipinski definition) is 2. The number of carbonyl (C=O) groups excluding carboxylic acids is 2. The van der Waals surface area contributed by atoms with Gasteiger partial charge in [-0.25, -0.2) is 0 Å². The summed E-state index contributed by atoms with van der Waals surface area (Å²) in [4.78, 5) is 36.1. The first-order valence-electron chi connectivity index (χ1n) is 7.75. The SMILES string of the molecule is Cc1ccc(Sc2ccc(C=C3C(=O)NC(=S)NC3=O)cc2[N+](=O)[O-])cc1. The number of benzene rings is 2. The van der Waals surface area contributed by atoms with E-state index >= 15 is 0 Å². The van der Waals surface area contributed by atoms with Crippen molar-refractivity contribution in [2.45, 2.75) is 16.7 Å². The molecule has 0 bridgehead atoms. The maximum Gasteiger partial charge on any atom is 0.283 e. The number of rotatable bonds is 4. The molecule has 0 unspecified atom stereocenters. The largest absolute Gasteiger partial charge is 0.299 e. The van der Waals surface area contributed by atoms with E-state index in [2.05, 4.69) is 10.6 Å². The lowest BCUT2D eigenvalue weighted by molar-refractivity contribution is -0.387. The summed E-state index contributed by atoms with van der Waals surface area (Å²) >= 11 is 6.01. The van der Waals surface area contributed by atoms with Crippen molar-refractivity contribution in [1.82, 2.24) is 10.6 Å². The van der Waals surface area contributed by atoms with Gasteiger partial charge in [0.15, 0.2) is 5.11 Å². The van der Waals surface area contributed by atoms with Gasteiger partial charge >= 0.3 is 0 Å². The van der Waals surface area contributed by atoms with Crippen molar-refractivity contribution in [2.24, 2.45) is 0 Å². The molecule has 1 saturated heterocycles. The van der Waals surface area contributed by atoms with Gasteiger partial charge < -0.3 is 0 Å². The van der Waals surface area contributed by atoms with E-state index in [-0.39, 0.29) is 16.4 Å². The van der Waals surface area contributed by atoms with Crippen LogP contribution in [0.5, 0.6) is 0 Å². The Morgan fingerprint density at radius 1 is 1.07 bits per heavy atom. The van der Waals surface area contributed by atoms with Crippen molar-refractivity contribution >= 4 is 52.7 Å². The molecule has 2 N–H and O–H groups in total. The fourth-order valence-electron chi connectivity index (χ4n) is 2.36. The lowest BCUT2D eigenvalue weighted by Gasteiger charge is -2.16.